The molecule has 1 fully saturated rings. The molecule has 0 aliphatic carbocycles. The first-order valence-corrected chi connectivity index (χ1v) is 10.0. The molecule has 8 heteroatoms. The summed E-state index contributed by atoms with van der Waals surface area (Å²) in [6.07, 6.45) is 5.96. The fourth-order valence-corrected chi connectivity index (χ4v) is 4.08. The van der Waals surface area contributed by atoms with Gasteiger partial charge in [-0.2, -0.15) is 0 Å². The van der Waals surface area contributed by atoms with Crippen molar-refractivity contribution >= 4 is 34.2 Å². The number of carbonyl (C=O) groups is 2. The third-order valence-electron chi connectivity index (χ3n) is 4.68. The van der Waals surface area contributed by atoms with E-state index >= 15 is 0 Å². The van der Waals surface area contributed by atoms with Gasteiger partial charge in [0.05, 0.1) is 17.5 Å². The van der Waals surface area contributed by atoms with Crippen LogP contribution in [0.3, 0.4) is 0 Å². The molecule has 1 aliphatic heterocycles. The topological polar surface area (TPSA) is 94.3 Å². The Bertz CT molecular complexity index is 1020. The van der Waals surface area contributed by atoms with Crippen LogP contribution in [0.4, 0.5) is 5.13 Å². The molecule has 0 aromatic carbocycles. The van der Waals surface area contributed by atoms with Gasteiger partial charge in [-0.05, 0) is 43.2 Å². The first kappa shape index (κ1) is 19.2. The van der Waals surface area contributed by atoms with E-state index in [0.717, 1.165) is 11.3 Å². The van der Waals surface area contributed by atoms with E-state index in [0.29, 0.717) is 58.8 Å². The van der Waals surface area contributed by atoms with Crippen LogP contribution < -0.4 is 5.32 Å². The Morgan fingerprint density at radius 1 is 1.24 bits per heavy atom. The van der Waals surface area contributed by atoms with Crippen molar-refractivity contribution in [2.24, 2.45) is 5.92 Å². The van der Waals surface area contributed by atoms with Gasteiger partial charge >= 0.3 is 0 Å². The van der Waals surface area contributed by atoms with Gasteiger partial charge < -0.3 is 9.15 Å². The second kappa shape index (κ2) is 8.50. The van der Waals surface area contributed by atoms with Crippen molar-refractivity contribution in [3.63, 3.8) is 0 Å². The molecule has 0 spiro atoms. The Morgan fingerprint density at radius 2 is 2.07 bits per heavy atom. The Kier molecular flexibility index (Phi) is 5.64. The van der Waals surface area contributed by atoms with Crippen LogP contribution in [0.1, 0.15) is 38.6 Å². The lowest BCUT2D eigenvalue weighted by Gasteiger charge is -2.20. The van der Waals surface area contributed by atoms with E-state index in [1.54, 1.807) is 30.3 Å². The minimum atomic E-state index is -0.349. The lowest BCUT2D eigenvalue weighted by Crippen LogP contribution is -2.23. The first-order chi connectivity index (χ1) is 14.2. The summed E-state index contributed by atoms with van der Waals surface area (Å²) in [7, 11) is 0. The highest BCUT2D eigenvalue weighted by Crippen LogP contribution is 2.35. The molecule has 7 nitrogen and oxygen atoms in total. The molecule has 1 aliphatic rings. The lowest BCUT2D eigenvalue weighted by molar-refractivity contribution is 0.0547. The van der Waals surface area contributed by atoms with Crippen LogP contribution in [-0.4, -0.2) is 34.9 Å². The Labute approximate surface area is 171 Å². The first-order valence-electron chi connectivity index (χ1n) is 9.22. The van der Waals surface area contributed by atoms with E-state index in [1.165, 1.54) is 12.5 Å². The number of furan rings is 1. The summed E-state index contributed by atoms with van der Waals surface area (Å²) in [6.45, 7) is 4.79. The van der Waals surface area contributed by atoms with Crippen molar-refractivity contribution in [1.29, 1.82) is 0 Å². The second-order valence-corrected chi connectivity index (χ2v) is 7.55. The monoisotopic (exact) mass is 409 g/mol. The molecule has 3 aromatic heterocycles. The van der Waals surface area contributed by atoms with Crippen LogP contribution in [0.25, 0.3) is 17.5 Å². The number of carbonyl (C=O) groups excluding carboxylic acids is 2. The molecule has 0 radical (unpaired) electrons. The zero-order valence-electron chi connectivity index (χ0n) is 15.6. The summed E-state index contributed by atoms with van der Waals surface area (Å²) in [5.74, 6) is 0.0406. The number of nitrogens with one attached hydrogen (secondary N) is 1. The maximum Gasteiger partial charge on any atom is 0.259 e. The fourth-order valence-electron chi connectivity index (χ4n) is 3.10. The number of ether oxygens (including phenoxy) is 1. The molecule has 1 N–H and O–H groups in total. The summed E-state index contributed by atoms with van der Waals surface area (Å²) in [6, 6.07) is 6.86. The maximum atomic E-state index is 13.1. The molecule has 1 amide bonds. The summed E-state index contributed by atoms with van der Waals surface area (Å²) >= 11 is 1.16. The molecule has 0 atom stereocenters. The average molecular weight is 409 g/mol. The van der Waals surface area contributed by atoms with Gasteiger partial charge in [0.1, 0.15) is 10.6 Å². The summed E-state index contributed by atoms with van der Waals surface area (Å²) in [5.41, 5.74) is 1.52. The van der Waals surface area contributed by atoms with Crippen LogP contribution in [0, 0.1) is 5.92 Å². The lowest BCUT2D eigenvalue weighted by atomic mass is 9.94. The van der Waals surface area contributed by atoms with E-state index in [9.17, 15) is 9.59 Å². The minimum absolute atomic E-state index is 0.00898. The SMILES string of the molecule is C=Cc1ccc(C(=O)Nc2nc(-c3ccco3)c(C(=O)C3CCOCC3)s2)cn1. The molecule has 1 saturated heterocycles. The number of hydrogen-bond acceptors (Lipinski definition) is 7. The van der Waals surface area contributed by atoms with Crippen molar-refractivity contribution < 1.29 is 18.7 Å². The highest BCUT2D eigenvalue weighted by Gasteiger charge is 2.29. The predicted octanol–water partition coefficient (Wildman–Crippen LogP) is 4.30. The zero-order chi connectivity index (χ0) is 20.2. The molecule has 4 heterocycles. The number of amides is 1. The predicted molar refractivity (Wildman–Crippen MR) is 110 cm³/mol. The Balaban J connectivity index is 1.61. The number of hydrogen-bond donors (Lipinski definition) is 1. The summed E-state index contributed by atoms with van der Waals surface area (Å²) in [5, 5.41) is 3.10. The summed E-state index contributed by atoms with van der Waals surface area (Å²) < 4.78 is 10.8. The van der Waals surface area contributed by atoms with Crippen molar-refractivity contribution in [2.75, 3.05) is 18.5 Å². The Morgan fingerprint density at radius 3 is 2.72 bits per heavy atom. The summed E-state index contributed by atoms with van der Waals surface area (Å²) in [4.78, 5) is 34.7. The molecular formula is C21H19N3O4S. The molecule has 29 heavy (non-hydrogen) atoms. The van der Waals surface area contributed by atoms with Crippen LogP contribution >= 0.6 is 11.3 Å². The highest BCUT2D eigenvalue weighted by atomic mass is 32.1. The van der Waals surface area contributed by atoms with Crippen molar-refractivity contribution in [3.8, 4) is 11.5 Å². The molecule has 3 aromatic rings. The number of anilines is 1. The standard InChI is InChI=1S/C21H19N3O4S/c1-2-15-6-5-14(12-22-15)20(26)24-21-23-17(16-4-3-9-28-16)19(29-21)18(25)13-7-10-27-11-8-13/h2-6,9,12-13H,1,7-8,10-11H2,(H,23,24,26). The third kappa shape index (κ3) is 4.18. The number of rotatable bonds is 6. The van der Waals surface area contributed by atoms with E-state index in [4.69, 9.17) is 9.15 Å². The van der Waals surface area contributed by atoms with Gasteiger partial charge in [-0.3, -0.25) is 19.9 Å². The Hall–Kier alpha value is -3.10. The van der Waals surface area contributed by atoms with Gasteiger partial charge in [0.25, 0.3) is 5.91 Å². The van der Waals surface area contributed by atoms with Gasteiger partial charge in [-0.15, -0.1) is 0 Å². The fraction of sp³-hybridized carbons (Fsp3) is 0.238. The van der Waals surface area contributed by atoms with Crippen molar-refractivity contribution in [3.05, 3.63) is 59.4 Å². The number of thiazole rings is 1. The van der Waals surface area contributed by atoms with Gasteiger partial charge in [-0.1, -0.05) is 17.9 Å². The number of nitrogens with zero attached hydrogens (tertiary/aromatic N) is 2. The number of aromatic nitrogens is 2. The normalized spacial score (nSPS) is 14.5. The van der Waals surface area contributed by atoms with Crippen LogP contribution in [0.15, 0.2) is 47.7 Å². The molecular weight excluding hydrogens is 390 g/mol. The smallest absolute Gasteiger partial charge is 0.259 e. The van der Waals surface area contributed by atoms with Gasteiger partial charge in [0, 0.05) is 25.3 Å². The van der Waals surface area contributed by atoms with E-state index in [-0.39, 0.29) is 17.6 Å². The van der Waals surface area contributed by atoms with Crippen molar-refractivity contribution in [2.45, 2.75) is 12.8 Å². The molecule has 4 rings (SSSR count). The largest absolute Gasteiger partial charge is 0.463 e. The zero-order valence-corrected chi connectivity index (χ0v) is 16.4. The van der Waals surface area contributed by atoms with E-state index in [2.05, 4.69) is 21.9 Å². The van der Waals surface area contributed by atoms with Crippen molar-refractivity contribution in [1.82, 2.24) is 9.97 Å². The molecule has 148 valence electrons. The second-order valence-electron chi connectivity index (χ2n) is 6.55. The highest BCUT2D eigenvalue weighted by molar-refractivity contribution is 7.18. The van der Waals surface area contributed by atoms with Gasteiger partial charge in [0.15, 0.2) is 16.7 Å². The number of Topliss-reactive ketones (excluding diaryl/α,β-unsaturated/α-hetero) is 1. The van der Waals surface area contributed by atoms with Crippen LogP contribution in [0.5, 0.6) is 0 Å². The minimum Gasteiger partial charge on any atom is -0.463 e. The maximum absolute atomic E-state index is 13.1. The van der Waals surface area contributed by atoms with Crippen LogP contribution in [-0.2, 0) is 4.74 Å². The van der Waals surface area contributed by atoms with E-state index in [1.807, 2.05) is 0 Å². The van der Waals surface area contributed by atoms with Crippen LogP contribution in [0.2, 0.25) is 0 Å². The number of ketones is 1. The third-order valence-corrected chi connectivity index (χ3v) is 5.66. The average Bonchev–Trinajstić information content (AvgIpc) is 3.44. The molecule has 0 bridgehead atoms. The van der Waals surface area contributed by atoms with Gasteiger partial charge in [0.2, 0.25) is 0 Å². The van der Waals surface area contributed by atoms with Gasteiger partial charge in [-0.25, -0.2) is 4.98 Å². The molecule has 0 unspecified atom stereocenters. The molecule has 0 saturated carbocycles. The number of pyridine rings is 1. The van der Waals surface area contributed by atoms with E-state index < -0.39 is 0 Å². The quantitative estimate of drug-likeness (QED) is 0.610.